The summed E-state index contributed by atoms with van der Waals surface area (Å²) in [4.78, 5) is 19.4. The number of piperidine rings is 1. The predicted molar refractivity (Wildman–Crippen MR) is 103 cm³/mol. The van der Waals surface area contributed by atoms with Crippen molar-refractivity contribution in [3.8, 4) is 0 Å². The summed E-state index contributed by atoms with van der Waals surface area (Å²) in [6, 6.07) is 8.05. The van der Waals surface area contributed by atoms with E-state index in [0.29, 0.717) is 13.0 Å². The molecule has 2 aliphatic rings. The number of aromatic nitrogens is 1. The molecule has 0 radical (unpaired) electrons. The number of sulfone groups is 1. The molecule has 0 unspecified atom stereocenters. The van der Waals surface area contributed by atoms with Crippen LogP contribution in [-0.2, 0) is 14.6 Å². The molecular weight excluding hydrogens is 370 g/mol. The minimum atomic E-state index is -2.98. The summed E-state index contributed by atoms with van der Waals surface area (Å²) in [5.74, 6) is 0.163. The molecule has 0 spiro atoms. The highest BCUT2D eigenvalue weighted by Crippen LogP contribution is 2.35. The van der Waals surface area contributed by atoms with Gasteiger partial charge in [-0.05, 0) is 37.9 Å². The molecule has 1 amide bonds. The van der Waals surface area contributed by atoms with Crippen molar-refractivity contribution < 1.29 is 13.2 Å². The van der Waals surface area contributed by atoms with E-state index in [1.165, 1.54) is 4.70 Å². The largest absolute Gasteiger partial charge is 0.351 e. The molecule has 1 aromatic heterocycles. The maximum atomic E-state index is 12.5. The second-order valence-corrected chi connectivity index (χ2v) is 10.5. The number of nitrogens with one attached hydrogen (secondary N) is 1. The normalized spacial score (nSPS) is 26.2. The molecule has 8 heteroatoms. The number of para-hydroxylation sites is 1. The summed E-state index contributed by atoms with van der Waals surface area (Å²) in [6.07, 6.45) is 3.74. The Morgan fingerprint density at radius 2 is 2.12 bits per heavy atom. The number of fused-ring (bicyclic) bond motifs is 1. The Morgan fingerprint density at radius 3 is 2.88 bits per heavy atom. The van der Waals surface area contributed by atoms with Crippen molar-refractivity contribution in [3.05, 3.63) is 29.3 Å². The van der Waals surface area contributed by atoms with Gasteiger partial charge in [0.05, 0.1) is 34.3 Å². The lowest BCUT2D eigenvalue weighted by molar-refractivity contribution is -0.123. The molecule has 2 fully saturated rings. The van der Waals surface area contributed by atoms with Crippen LogP contribution in [0.5, 0.6) is 0 Å². The number of nitrogens with zero attached hydrogens (tertiary/aromatic N) is 2. The summed E-state index contributed by atoms with van der Waals surface area (Å²) in [7, 11) is -2.98. The smallest absolute Gasteiger partial charge is 0.234 e. The third kappa shape index (κ3) is 3.92. The van der Waals surface area contributed by atoms with Gasteiger partial charge < -0.3 is 5.32 Å². The van der Waals surface area contributed by atoms with Crippen molar-refractivity contribution in [2.75, 3.05) is 24.6 Å². The standard InChI is InChI=1S/C18H23N3O3S2/c22-17(19-13-8-10-26(23,24)12-13)11-21-9-4-3-6-15(21)18-20-14-5-1-2-7-16(14)25-18/h1-2,5,7,13,15H,3-4,6,8-12H2,(H,19,22)/t13-,15+/m1/s1. The van der Waals surface area contributed by atoms with Crippen molar-refractivity contribution in [1.82, 2.24) is 15.2 Å². The van der Waals surface area contributed by atoms with E-state index in [2.05, 4.69) is 16.3 Å². The maximum absolute atomic E-state index is 12.5. The molecular formula is C18H23N3O3S2. The van der Waals surface area contributed by atoms with Crippen LogP contribution in [0.25, 0.3) is 10.2 Å². The van der Waals surface area contributed by atoms with E-state index in [1.807, 2.05) is 18.2 Å². The molecule has 0 aliphatic carbocycles. The molecule has 4 rings (SSSR count). The number of carbonyl (C=O) groups excluding carboxylic acids is 1. The SMILES string of the molecule is O=C(CN1CCCC[C@H]1c1nc2ccccc2s1)N[C@@H]1CCS(=O)(=O)C1. The molecule has 2 aromatic rings. The van der Waals surface area contributed by atoms with E-state index in [4.69, 9.17) is 4.98 Å². The zero-order valence-electron chi connectivity index (χ0n) is 14.6. The van der Waals surface area contributed by atoms with E-state index in [-0.39, 0.29) is 29.5 Å². The Kier molecular flexibility index (Phi) is 4.98. The molecule has 1 aromatic carbocycles. The summed E-state index contributed by atoms with van der Waals surface area (Å²) in [5, 5.41) is 3.98. The molecule has 2 saturated heterocycles. The lowest BCUT2D eigenvalue weighted by Gasteiger charge is -2.34. The maximum Gasteiger partial charge on any atom is 0.234 e. The van der Waals surface area contributed by atoms with E-state index >= 15 is 0 Å². The molecule has 3 heterocycles. The second kappa shape index (κ2) is 7.25. The number of likely N-dealkylation sites (tertiary alicyclic amines) is 1. The first-order valence-electron chi connectivity index (χ1n) is 9.09. The van der Waals surface area contributed by atoms with Gasteiger partial charge in [-0.15, -0.1) is 11.3 Å². The Hall–Kier alpha value is -1.51. The second-order valence-electron chi connectivity index (χ2n) is 7.17. The van der Waals surface area contributed by atoms with Gasteiger partial charge in [-0.3, -0.25) is 9.69 Å². The fraction of sp³-hybridized carbons (Fsp3) is 0.556. The average molecular weight is 394 g/mol. The van der Waals surface area contributed by atoms with Crippen LogP contribution in [0.1, 0.15) is 36.7 Å². The molecule has 1 N–H and O–H groups in total. The van der Waals surface area contributed by atoms with E-state index in [0.717, 1.165) is 36.3 Å². The number of hydrogen-bond acceptors (Lipinski definition) is 6. The highest BCUT2D eigenvalue weighted by molar-refractivity contribution is 7.91. The van der Waals surface area contributed by atoms with Crippen molar-refractivity contribution >= 4 is 37.3 Å². The van der Waals surface area contributed by atoms with Gasteiger partial charge in [-0.25, -0.2) is 13.4 Å². The highest BCUT2D eigenvalue weighted by atomic mass is 32.2. The minimum Gasteiger partial charge on any atom is -0.351 e. The van der Waals surface area contributed by atoms with Crippen LogP contribution in [-0.4, -0.2) is 54.8 Å². The first-order chi connectivity index (χ1) is 12.5. The predicted octanol–water partition coefficient (Wildman–Crippen LogP) is 2.13. The Balaban J connectivity index is 1.44. The average Bonchev–Trinajstić information content (AvgIpc) is 3.18. The molecule has 2 atom stereocenters. The monoisotopic (exact) mass is 393 g/mol. The van der Waals surface area contributed by atoms with Gasteiger partial charge in [-0.2, -0.15) is 0 Å². The van der Waals surface area contributed by atoms with Gasteiger partial charge in [0.25, 0.3) is 0 Å². The summed E-state index contributed by atoms with van der Waals surface area (Å²) >= 11 is 1.70. The molecule has 0 bridgehead atoms. The summed E-state index contributed by atoms with van der Waals surface area (Å²) in [6.45, 7) is 1.17. The van der Waals surface area contributed by atoms with Crippen LogP contribution in [0.3, 0.4) is 0 Å². The first-order valence-corrected chi connectivity index (χ1v) is 11.7. The van der Waals surface area contributed by atoms with E-state index in [9.17, 15) is 13.2 Å². The van der Waals surface area contributed by atoms with Crippen LogP contribution in [0.4, 0.5) is 0 Å². The zero-order chi connectivity index (χ0) is 18.1. The minimum absolute atomic E-state index is 0.0695. The molecule has 140 valence electrons. The van der Waals surface area contributed by atoms with Crippen LogP contribution in [0, 0.1) is 0 Å². The van der Waals surface area contributed by atoms with Gasteiger partial charge in [0.2, 0.25) is 5.91 Å². The van der Waals surface area contributed by atoms with E-state index in [1.54, 1.807) is 11.3 Å². The first kappa shape index (κ1) is 17.9. The molecule has 6 nitrogen and oxygen atoms in total. The Labute approximate surface area is 157 Å². The van der Waals surface area contributed by atoms with Crippen molar-refractivity contribution in [2.24, 2.45) is 0 Å². The third-order valence-corrected chi connectivity index (χ3v) is 8.06. The quantitative estimate of drug-likeness (QED) is 0.861. The molecule has 0 saturated carbocycles. The van der Waals surface area contributed by atoms with E-state index < -0.39 is 9.84 Å². The van der Waals surface area contributed by atoms with Gasteiger partial charge >= 0.3 is 0 Å². The van der Waals surface area contributed by atoms with Gasteiger partial charge in [0, 0.05) is 6.04 Å². The summed E-state index contributed by atoms with van der Waals surface area (Å²) in [5.41, 5.74) is 1.01. The highest BCUT2D eigenvalue weighted by Gasteiger charge is 2.31. The fourth-order valence-corrected chi connectivity index (χ4v) is 6.67. The third-order valence-electron chi connectivity index (χ3n) is 5.15. The number of benzene rings is 1. The number of thiazole rings is 1. The van der Waals surface area contributed by atoms with Gasteiger partial charge in [-0.1, -0.05) is 18.6 Å². The van der Waals surface area contributed by atoms with Crippen LogP contribution in [0.15, 0.2) is 24.3 Å². The number of carbonyl (C=O) groups is 1. The number of rotatable bonds is 4. The fourth-order valence-electron chi connectivity index (χ4n) is 3.86. The summed E-state index contributed by atoms with van der Waals surface area (Å²) < 4.78 is 24.3. The number of hydrogen-bond donors (Lipinski definition) is 1. The Bertz CT molecular complexity index is 876. The van der Waals surface area contributed by atoms with Gasteiger partial charge in [0.15, 0.2) is 9.84 Å². The zero-order valence-corrected chi connectivity index (χ0v) is 16.2. The molecule has 26 heavy (non-hydrogen) atoms. The van der Waals surface area contributed by atoms with Crippen LogP contribution >= 0.6 is 11.3 Å². The van der Waals surface area contributed by atoms with Crippen molar-refractivity contribution in [2.45, 2.75) is 37.8 Å². The lowest BCUT2D eigenvalue weighted by Crippen LogP contribution is -2.45. The Morgan fingerprint density at radius 1 is 1.27 bits per heavy atom. The molecule has 2 aliphatic heterocycles. The van der Waals surface area contributed by atoms with Gasteiger partial charge in [0.1, 0.15) is 5.01 Å². The van der Waals surface area contributed by atoms with Crippen molar-refractivity contribution in [1.29, 1.82) is 0 Å². The van der Waals surface area contributed by atoms with Crippen LogP contribution in [0.2, 0.25) is 0 Å². The van der Waals surface area contributed by atoms with Crippen LogP contribution < -0.4 is 5.32 Å². The topological polar surface area (TPSA) is 79.4 Å². The number of amides is 1. The lowest BCUT2D eigenvalue weighted by atomic mass is 10.0. The van der Waals surface area contributed by atoms with Crippen molar-refractivity contribution in [3.63, 3.8) is 0 Å².